The summed E-state index contributed by atoms with van der Waals surface area (Å²) >= 11 is 7.00. The summed E-state index contributed by atoms with van der Waals surface area (Å²) in [7, 11) is 0. The van der Waals surface area contributed by atoms with Crippen molar-refractivity contribution in [3.05, 3.63) is 0 Å². The van der Waals surface area contributed by atoms with Gasteiger partial charge in [-0.05, 0) is 25.8 Å². The van der Waals surface area contributed by atoms with Crippen LogP contribution in [0.5, 0.6) is 0 Å². The van der Waals surface area contributed by atoms with E-state index < -0.39 is 6.17 Å². The Morgan fingerprint density at radius 3 is 2.45 bits per heavy atom. The van der Waals surface area contributed by atoms with Crippen LogP contribution in [0, 0.1) is 5.92 Å². The van der Waals surface area contributed by atoms with Crippen molar-refractivity contribution < 1.29 is 9.53 Å². The van der Waals surface area contributed by atoms with Gasteiger partial charge >= 0.3 is 0 Å². The Hall–Kier alpha value is -0.520. The molecule has 5 rings (SSSR count). The summed E-state index contributed by atoms with van der Waals surface area (Å²) in [6, 6.07) is -0.0451. The molecule has 0 aromatic heterocycles. The van der Waals surface area contributed by atoms with Gasteiger partial charge in [0.15, 0.2) is 0 Å². The van der Waals surface area contributed by atoms with Crippen LogP contribution < -0.4 is 32.4 Å². The summed E-state index contributed by atoms with van der Waals surface area (Å²) in [5, 5.41) is 15.8. The topological polar surface area (TPSA) is 116 Å². The zero-order valence-corrected chi connectivity index (χ0v) is 20.4. The number of ether oxygens (including phenoxy) is 1. The molecule has 1 amide bonds. The molecular weight excluding hydrogens is 442 g/mol. The maximum absolute atomic E-state index is 13.6. The van der Waals surface area contributed by atoms with Crippen LogP contribution >= 0.6 is 11.6 Å². The van der Waals surface area contributed by atoms with E-state index in [2.05, 4.69) is 31.7 Å². The van der Waals surface area contributed by atoms with Gasteiger partial charge < -0.3 is 26.4 Å². The SMILES string of the molecule is NC1NN2C(NCC(Cl)C23CCCCCCCC3)C1C(=O)NC1CNCCC1OC1CNC1. The summed E-state index contributed by atoms with van der Waals surface area (Å²) in [6.07, 6.45) is 10.1. The van der Waals surface area contributed by atoms with Crippen LogP contribution in [-0.4, -0.2) is 85.1 Å². The molecule has 1 saturated carbocycles. The molecule has 33 heavy (non-hydrogen) atoms. The van der Waals surface area contributed by atoms with Gasteiger partial charge in [-0.2, -0.15) is 0 Å². The minimum Gasteiger partial charge on any atom is -0.370 e. The number of hydrazine groups is 1. The van der Waals surface area contributed by atoms with Gasteiger partial charge in [0.25, 0.3) is 0 Å². The first-order valence-electron chi connectivity index (χ1n) is 13.1. The minimum absolute atomic E-state index is 0.00438. The van der Waals surface area contributed by atoms with E-state index in [9.17, 15) is 4.79 Å². The highest BCUT2D eigenvalue weighted by Crippen LogP contribution is 2.42. The number of piperidine rings is 1. The zero-order valence-electron chi connectivity index (χ0n) is 19.7. The van der Waals surface area contributed by atoms with E-state index in [0.717, 1.165) is 45.4 Å². The molecule has 9 nitrogen and oxygen atoms in total. The van der Waals surface area contributed by atoms with E-state index in [-0.39, 0.29) is 47.2 Å². The van der Waals surface area contributed by atoms with Crippen LogP contribution in [0.15, 0.2) is 0 Å². The minimum atomic E-state index is -0.444. The van der Waals surface area contributed by atoms with Crippen LogP contribution in [0.1, 0.15) is 57.8 Å². The summed E-state index contributed by atoms with van der Waals surface area (Å²) in [5.74, 6) is -0.387. The number of nitrogens with two attached hydrogens (primary N) is 1. The third kappa shape index (κ3) is 4.93. The zero-order chi connectivity index (χ0) is 22.8. The standard InChI is InChI=1S/C23H42ClN7O2/c24-18-14-28-21-19(20(25)30-31(21)23(18)8-5-3-1-2-4-6-9-23)22(32)29-16-13-26-10-7-17(16)33-15-11-27-12-15/h15-21,26-28,30H,1-14,25H2,(H,29,32). The fourth-order valence-corrected chi connectivity index (χ4v) is 6.86. The first-order valence-corrected chi connectivity index (χ1v) is 13.6. The Bertz CT molecular complexity index is 671. The Morgan fingerprint density at radius 2 is 1.76 bits per heavy atom. The Balaban J connectivity index is 1.29. The molecule has 6 unspecified atom stereocenters. The molecule has 4 aliphatic heterocycles. The van der Waals surface area contributed by atoms with Gasteiger partial charge in [0, 0.05) is 26.2 Å². The monoisotopic (exact) mass is 483 g/mol. The number of fused-ring (bicyclic) bond motifs is 2. The van der Waals surface area contributed by atoms with Crippen molar-refractivity contribution in [3.63, 3.8) is 0 Å². The molecule has 188 valence electrons. The lowest BCUT2D eigenvalue weighted by atomic mass is 9.81. The van der Waals surface area contributed by atoms with Crippen LogP contribution in [-0.2, 0) is 9.53 Å². The van der Waals surface area contributed by atoms with Crippen LogP contribution in [0.2, 0.25) is 0 Å². The van der Waals surface area contributed by atoms with E-state index in [1.807, 2.05) is 0 Å². The molecule has 1 aliphatic carbocycles. The number of halogens is 1. The van der Waals surface area contributed by atoms with E-state index in [1.54, 1.807) is 0 Å². The highest BCUT2D eigenvalue weighted by Gasteiger charge is 2.57. The van der Waals surface area contributed by atoms with Crippen molar-refractivity contribution in [1.29, 1.82) is 0 Å². The number of alkyl halides is 1. The molecule has 4 saturated heterocycles. The molecule has 5 aliphatic rings. The third-order valence-corrected chi connectivity index (χ3v) is 9.05. The number of carbonyl (C=O) groups is 1. The largest absolute Gasteiger partial charge is 0.370 e. The van der Waals surface area contributed by atoms with Crippen molar-refractivity contribution in [2.75, 3.05) is 32.7 Å². The van der Waals surface area contributed by atoms with Crippen molar-refractivity contribution in [1.82, 2.24) is 31.7 Å². The fourth-order valence-electron chi connectivity index (χ4n) is 6.45. The molecule has 6 atom stereocenters. The number of hydrogen-bond acceptors (Lipinski definition) is 8. The van der Waals surface area contributed by atoms with Gasteiger partial charge in [0.2, 0.25) is 5.91 Å². The number of rotatable bonds is 4. The first kappa shape index (κ1) is 24.2. The molecule has 4 heterocycles. The predicted octanol–water partition coefficient (Wildman–Crippen LogP) is -0.0474. The molecular formula is C23H42ClN7O2. The molecule has 1 spiro atoms. The lowest BCUT2D eigenvalue weighted by Gasteiger charge is -2.52. The molecule has 10 heteroatoms. The Labute approximate surface area is 202 Å². The van der Waals surface area contributed by atoms with Crippen LogP contribution in [0.25, 0.3) is 0 Å². The van der Waals surface area contributed by atoms with Gasteiger partial charge in [0.05, 0.1) is 47.4 Å². The van der Waals surface area contributed by atoms with Gasteiger partial charge in [0.1, 0.15) is 0 Å². The second kappa shape index (κ2) is 10.6. The van der Waals surface area contributed by atoms with Gasteiger partial charge in [-0.25, -0.2) is 10.4 Å². The second-order valence-electron chi connectivity index (χ2n) is 10.7. The number of amides is 1. The molecule has 0 bridgehead atoms. The van der Waals surface area contributed by atoms with Crippen LogP contribution in [0.3, 0.4) is 0 Å². The Morgan fingerprint density at radius 1 is 1.03 bits per heavy atom. The third-order valence-electron chi connectivity index (χ3n) is 8.49. The van der Waals surface area contributed by atoms with E-state index in [4.69, 9.17) is 22.1 Å². The smallest absolute Gasteiger partial charge is 0.229 e. The normalized spacial score (nSPS) is 40.3. The van der Waals surface area contributed by atoms with E-state index in [1.165, 1.54) is 38.5 Å². The van der Waals surface area contributed by atoms with Crippen molar-refractivity contribution in [2.45, 2.75) is 99.3 Å². The fraction of sp³-hybridized carbons (Fsp3) is 0.957. The summed E-state index contributed by atoms with van der Waals surface area (Å²) < 4.78 is 6.27. The molecule has 0 radical (unpaired) electrons. The lowest BCUT2D eigenvalue weighted by molar-refractivity contribution is -0.131. The predicted molar refractivity (Wildman–Crippen MR) is 128 cm³/mol. The molecule has 7 N–H and O–H groups in total. The van der Waals surface area contributed by atoms with Crippen molar-refractivity contribution in [3.8, 4) is 0 Å². The van der Waals surface area contributed by atoms with Gasteiger partial charge in [-0.1, -0.05) is 38.5 Å². The van der Waals surface area contributed by atoms with Gasteiger partial charge in [-0.3, -0.25) is 10.1 Å². The summed E-state index contributed by atoms with van der Waals surface area (Å²) in [5.41, 5.74) is 9.91. The van der Waals surface area contributed by atoms with E-state index in [0.29, 0.717) is 6.54 Å². The maximum Gasteiger partial charge on any atom is 0.229 e. The van der Waals surface area contributed by atoms with Gasteiger partial charge in [-0.15, -0.1) is 11.6 Å². The second-order valence-corrected chi connectivity index (χ2v) is 11.2. The number of nitrogens with zero attached hydrogens (tertiary/aromatic N) is 1. The highest BCUT2D eigenvalue weighted by molar-refractivity contribution is 6.21. The number of hydrogen-bond donors (Lipinski definition) is 6. The average Bonchev–Trinajstić information content (AvgIpc) is 3.17. The number of carbonyl (C=O) groups excluding carboxylic acids is 1. The van der Waals surface area contributed by atoms with Crippen molar-refractivity contribution in [2.24, 2.45) is 11.7 Å². The highest BCUT2D eigenvalue weighted by atomic mass is 35.5. The molecule has 0 aromatic carbocycles. The summed E-state index contributed by atoms with van der Waals surface area (Å²) in [6.45, 7) is 4.13. The van der Waals surface area contributed by atoms with Crippen LogP contribution in [0.4, 0.5) is 0 Å². The number of nitrogens with one attached hydrogen (secondary N) is 5. The maximum atomic E-state index is 13.6. The molecule has 0 aromatic rings. The van der Waals surface area contributed by atoms with E-state index >= 15 is 0 Å². The quantitative estimate of drug-likeness (QED) is 0.308. The average molecular weight is 484 g/mol. The summed E-state index contributed by atoms with van der Waals surface area (Å²) in [4.78, 5) is 13.6. The Kier molecular flexibility index (Phi) is 7.78. The first-order chi connectivity index (χ1) is 16.1. The lowest BCUT2D eigenvalue weighted by Crippen LogP contribution is -2.71. The van der Waals surface area contributed by atoms with Crippen molar-refractivity contribution >= 4 is 17.5 Å². The molecule has 5 fully saturated rings.